The standard InChI is InChI=1S/C28H36N4O4/c1-7-31(8-2)22-10-11-23(20(6)12-22)30-26(33)17-32-25-14-19(5)18(4)13-24(25)29-21(15-27(32)34)16-28(35)36-9-3/h10-15,29H,7-9,16-17H2,1-6H3,(H,30,33). The highest BCUT2D eigenvalue weighted by atomic mass is 16.5. The molecule has 36 heavy (non-hydrogen) atoms. The van der Waals surface area contributed by atoms with E-state index in [0.29, 0.717) is 22.8 Å². The molecule has 0 aromatic heterocycles. The van der Waals surface area contributed by atoms with Crippen molar-refractivity contribution in [3.8, 4) is 0 Å². The molecule has 192 valence electrons. The van der Waals surface area contributed by atoms with Crippen molar-refractivity contribution >= 4 is 40.5 Å². The van der Waals surface area contributed by atoms with E-state index in [1.807, 2.05) is 45.0 Å². The van der Waals surface area contributed by atoms with Gasteiger partial charge in [0.05, 0.1) is 24.4 Å². The largest absolute Gasteiger partial charge is 0.466 e. The van der Waals surface area contributed by atoms with Gasteiger partial charge in [-0.05, 0) is 88.6 Å². The van der Waals surface area contributed by atoms with Gasteiger partial charge in [-0.3, -0.25) is 19.3 Å². The van der Waals surface area contributed by atoms with Crippen LogP contribution in [0.4, 0.5) is 22.7 Å². The Morgan fingerprint density at radius 3 is 2.33 bits per heavy atom. The number of nitrogens with one attached hydrogen (secondary N) is 2. The lowest BCUT2D eigenvalue weighted by Crippen LogP contribution is -2.37. The molecule has 0 atom stereocenters. The Labute approximate surface area is 213 Å². The Kier molecular flexibility index (Phi) is 8.74. The molecule has 2 amide bonds. The molecule has 0 unspecified atom stereocenters. The van der Waals surface area contributed by atoms with Gasteiger partial charge in [-0.25, -0.2) is 0 Å². The third kappa shape index (κ3) is 6.24. The van der Waals surface area contributed by atoms with Gasteiger partial charge in [-0.2, -0.15) is 0 Å². The predicted octanol–water partition coefficient (Wildman–Crippen LogP) is 4.69. The Morgan fingerprint density at radius 2 is 1.69 bits per heavy atom. The van der Waals surface area contributed by atoms with Gasteiger partial charge in [0, 0.05) is 36.2 Å². The number of carbonyl (C=O) groups excluding carboxylic acids is 3. The monoisotopic (exact) mass is 492 g/mol. The lowest BCUT2D eigenvalue weighted by atomic mass is 10.1. The molecule has 2 aromatic rings. The van der Waals surface area contributed by atoms with E-state index in [0.717, 1.165) is 35.5 Å². The van der Waals surface area contributed by atoms with Crippen LogP contribution in [0.2, 0.25) is 0 Å². The van der Waals surface area contributed by atoms with E-state index in [1.54, 1.807) is 6.92 Å². The number of aryl methyl sites for hydroxylation is 3. The summed E-state index contributed by atoms with van der Waals surface area (Å²) in [6, 6.07) is 9.74. The second-order valence-corrected chi connectivity index (χ2v) is 8.87. The zero-order valence-corrected chi connectivity index (χ0v) is 22.0. The molecule has 1 aliphatic rings. The Balaban J connectivity index is 1.86. The van der Waals surface area contributed by atoms with Crippen LogP contribution in [-0.2, 0) is 19.1 Å². The van der Waals surface area contributed by atoms with Crippen LogP contribution >= 0.6 is 0 Å². The molecule has 3 rings (SSSR count). The molecule has 1 heterocycles. The fraction of sp³-hybridized carbons (Fsp3) is 0.393. The highest BCUT2D eigenvalue weighted by Gasteiger charge is 2.26. The normalized spacial score (nSPS) is 12.8. The van der Waals surface area contributed by atoms with Crippen LogP contribution in [-0.4, -0.2) is 44.0 Å². The van der Waals surface area contributed by atoms with Crippen LogP contribution in [0.25, 0.3) is 0 Å². The summed E-state index contributed by atoms with van der Waals surface area (Å²) in [7, 11) is 0. The SMILES string of the molecule is CCOC(=O)CC1=CC(=O)N(CC(=O)Nc2ccc(N(CC)CC)cc2C)c2cc(C)c(C)cc2N1. The summed E-state index contributed by atoms with van der Waals surface area (Å²) in [6.07, 6.45) is 1.29. The molecule has 0 saturated carbocycles. The molecule has 0 spiro atoms. The van der Waals surface area contributed by atoms with E-state index >= 15 is 0 Å². The number of esters is 1. The highest BCUT2D eigenvalue weighted by molar-refractivity contribution is 6.10. The number of ether oxygens (including phenoxy) is 1. The smallest absolute Gasteiger partial charge is 0.311 e. The second kappa shape index (κ2) is 11.7. The first-order valence-electron chi connectivity index (χ1n) is 12.4. The molecule has 0 fully saturated rings. The van der Waals surface area contributed by atoms with E-state index < -0.39 is 5.97 Å². The van der Waals surface area contributed by atoms with Crippen LogP contribution in [0.5, 0.6) is 0 Å². The molecule has 1 aliphatic heterocycles. The van der Waals surface area contributed by atoms with Gasteiger partial charge in [0.15, 0.2) is 0 Å². The lowest BCUT2D eigenvalue weighted by molar-refractivity contribution is -0.142. The number of carbonyl (C=O) groups is 3. The molecular formula is C28H36N4O4. The van der Waals surface area contributed by atoms with Crippen molar-refractivity contribution in [1.29, 1.82) is 0 Å². The van der Waals surface area contributed by atoms with E-state index in [-0.39, 0.29) is 31.4 Å². The lowest BCUT2D eigenvalue weighted by Gasteiger charge is -2.24. The first-order valence-corrected chi connectivity index (χ1v) is 12.4. The Bertz CT molecular complexity index is 1180. The van der Waals surface area contributed by atoms with Gasteiger partial charge in [0.2, 0.25) is 5.91 Å². The summed E-state index contributed by atoms with van der Waals surface area (Å²) in [5, 5.41) is 6.15. The van der Waals surface area contributed by atoms with Gasteiger partial charge in [-0.1, -0.05) is 0 Å². The number of hydrogen-bond donors (Lipinski definition) is 2. The fourth-order valence-electron chi connectivity index (χ4n) is 4.21. The first kappa shape index (κ1) is 26.8. The van der Waals surface area contributed by atoms with Crippen LogP contribution in [0, 0.1) is 20.8 Å². The summed E-state index contributed by atoms with van der Waals surface area (Å²) < 4.78 is 5.05. The van der Waals surface area contributed by atoms with Crippen molar-refractivity contribution in [2.24, 2.45) is 0 Å². The number of hydrogen-bond acceptors (Lipinski definition) is 6. The summed E-state index contributed by atoms with van der Waals surface area (Å²) >= 11 is 0. The number of anilines is 4. The number of amides is 2. The quantitative estimate of drug-likeness (QED) is 0.494. The van der Waals surface area contributed by atoms with Gasteiger partial charge in [0.25, 0.3) is 5.91 Å². The summed E-state index contributed by atoms with van der Waals surface area (Å²) in [5.41, 5.74) is 6.44. The van der Waals surface area contributed by atoms with Crippen molar-refractivity contribution < 1.29 is 19.1 Å². The van der Waals surface area contributed by atoms with Crippen molar-refractivity contribution in [3.05, 3.63) is 58.8 Å². The molecule has 2 N–H and O–H groups in total. The first-order chi connectivity index (χ1) is 17.2. The van der Waals surface area contributed by atoms with Crippen LogP contribution in [0.15, 0.2) is 42.1 Å². The number of fused-ring (bicyclic) bond motifs is 1. The van der Waals surface area contributed by atoms with Gasteiger partial charge in [-0.15, -0.1) is 0 Å². The highest BCUT2D eigenvalue weighted by Crippen LogP contribution is 2.33. The molecular weight excluding hydrogens is 456 g/mol. The van der Waals surface area contributed by atoms with E-state index in [1.165, 1.54) is 11.0 Å². The second-order valence-electron chi connectivity index (χ2n) is 8.87. The maximum Gasteiger partial charge on any atom is 0.311 e. The molecule has 0 saturated heterocycles. The molecule has 0 radical (unpaired) electrons. The van der Waals surface area contributed by atoms with Gasteiger partial charge < -0.3 is 20.3 Å². The summed E-state index contributed by atoms with van der Waals surface area (Å²) in [4.78, 5) is 42.1. The minimum absolute atomic E-state index is 0.0654. The van der Waals surface area contributed by atoms with Crippen molar-refractivity contribution in [1.82, 2.24) is 0 Å². The van der Waals surface area contributed by atoms with Crippen molar-refractivity contribution in [2.75, 3.05) is 46.7 Å². The number of benzene rings is 2. The molecule has 8 heteroatoms. The minimum atomic E-state index is -0.427. The maximum absolute atomic E-state index is 13.2. The van der Waals surface area contributed by atoms with Gasteiger partial charge >= 0.3 is 5.97 Å². The molecule has 2 aromatic carbocycles. The zero-order valence-electron chi connectivity index (χ0n) is 22.0. The summed E-state index contributed by atoms with van der Waals surface area (Å²) in [6.45, 7) is 13.7. The van der Waals surface area contributed by atoms with E-state index in [9.17, 15) is 14.4 Å². The van der Waals surface area contributed by atoms with Crippen molar-refractivity contribution in [3.63, 3.8) is 0 Å². The minimum Gasteiger partial charge on any atom is -0.466 e. The van der Waals surface area contributed by atoms with E-state index in [2.05, 4.69) is 35.4 Å². The maximum atomic E-state index is 13.2. The predicted molar refractivity (Wildman–Crippen MR) is 145 cm³/mol. The van der Waals surface area contributed by atoms with Gasteiger partial charge in [0.1, 0.15) is 6.54 Å². The zero-order chi connectivity index (χ0) is 26.4. The Morgan fingerprint density at radius 1 is 1.00 bits per heavy atom. The van der Waals surface area contributed by atoms with Crippen LogP contribution in [0.3, 0.4) is 0 Å². The number of nitrogens with zero attached hydrogens (tertiary/aromatic N) is 2. The summed E-state index contributed by atoms with van der Waals surface area (Å²) in [5.74, 6) is -1.12. The third-order valence-corrected chi connectivity index (χ3v) is 6.32. The fourth-order valence-corrected chi connectivity index (χ4v) is 4.21. The molecule has 0 aliphatic carbocycles. The average molecular weight is 493 g/mol. The molecule has 8 nitrogen and oxygen atoms in total. The number of rotatable bonds is 9. The van der Waals surface area contributed by atoms with Crippen LogP contribution < -0.4 is 20.4 Å². The van der Waals surface area contributed by atoms with Crippen LogP contribution in [0.1, 0.15) is 43.9 Å². The molecule has 0 bridgehead atoms. The Hall–Kier alpha value is -3.81. The average Bonchev–Trinajstić information content (AvgIpc) is 2.93. The topological polar surface area (TPSA) is 91.0 Å². The third-order valence-electron chi connectivity index (χ3n) is 6.32. The van der Waals surface area contributed by atoms with E-state index in [4.69, 9.17) is 4.74 Å². The van der Waals surface area contributed by atoms with Crippen molar-refractivity contribution in [2.45, 2.75) is 48.0 Å².